The number of nitrogens with one attached hydrogen (secondary N) is 1. The first-order chi connectivity index (χ1) is 9.71. The zero-order chi connectivity index (χ0) is 15.7. The fourth-order valence-corrected chi connectivity index (χ4v) is 2.47. The molecule has 21 heavy (non-hydrogen) atoms. The number of nitrogen functional groups attached to an aromatic ring is 1. The molecule has 1 aliphatic carbocycles. The third-order valence-electron chi connectivity index (χ3n) is 4.10. The molecular formula is C13H21N5O3. The number of aliphatic hydroxyl groups is 1. The summed E-state index contributed by atoms with van der Waals surface area (Å²) in [6.07, 6.45) is 4.21. The molecule has 0 radical (unpaired) electrons. The van der Waals surface area contributed by atoms with E-state index in [9.17, 15) is 15.2 Å². The number of aromatic nitrogens is 2. The molecule has 0 saturated heterocycles. The van der Waals surface area contributed by atoms with E-state index in [1.54, 1.807) is 0 Å². The van der Waals surface area contributed by atoms with Gasteiger partial charge >= 0.3 is 5.69 Å². The van der Waals surface area contributed by atoms with Gasteiger partial charge in [0.1, 0.15) is 6.20 Å². The second kappa shape index (κ2) is 5.44. The highest BCUT2D eigenvalue weighted by molar-refractivity contribution is 5.56. The van der Waals surface area contributed by atoms with Gasteiger partial charge in [-0.05, 0) is 31.1 Å². The van der Waals surface area contributed by atoms with Crippen LogP contribution < -0.4 is 11.1 Å². The van der Waals surface area contributed by atoms with Crippen molar-refractivity contribution in [2.45, 2.75) is 45.1 Å². The maximum absolute atomic E-state index is 10.9. The molecule has 0 atom stereocenters. The maximum atomic E-state index is 10.9. The summed E-state index contributed by atoms with van der Waals surface area (Å²) in [5.41, 5.74) is 4.57. The van der Waals surface area contributed by atoms with Crippen molar-refractivity contribution in [3.05, 3.63) is 16.3 Å². The molecule has 8 heteroatoms. The van der Waals surface area contributed by atoms with Crippen molar-refractivity contribution in [2.24, 2.45) is 5.41 Å². The van der Waals surface area contributed by atoms with E-state index in [4.69, 9.17) is 5.73 Å². The van der Waals surface area contributed by atoms with Crippen LogP contribution >= 0.6 is 0 Å². The molecular weight excluding hydrogens is 274 g/mol. The Hall–Kier alpha value is -1.96. The summed E-state index contributed by atoms with van der Waals surface area (Å²) in [5.74, 6) is 0.00521. The summed E-state index contributed by atoms with van der Waals surface area (Å²) in [7, 11) is 0. The van der Waals surface area contributed by atoms with Crippen molar-refractivity contribution < 1.29 is 10.0 Å². The van der Waals surface area contributed by atoms with Gasteiger partial charge in [0.15, 0.2) is 0 Å². The van der Waals surface area contributed by atoms with Crippen LogP contribution in [0.2, 0.25) is 0 Å². The maximum Gasteiger partial charge on any atom is 0.329 e. The Labute approximate surface area is 122 Å². The molecule has 4 N–H and O–H groups in total. The second-order valence-electron chi connectivity index (χ2n) is 6.46. The third-order valence-corrected chi connectivity index (χ3v) is 4.10. The minimum Gasteiger partial charge on any atom is -0.388 e. The summed E-state index contributed by atoms with van der Waals surface area (Å²) in [5, 5.41) is 24.3. The van der Waals surface area contributed by atoms with Gasteiger partial charge in [0.05, 0.1) is 10.5 Å². The van der Waals surface area contributed by atoms with Gasteiger partial charge in [0.25, 0.3) is 0 Å². The lowest BCUT2D eigenvalue weighted by Gasteiger charge is -2.40. The molecule has 1 aromatic heterocycles. The molecule has 0 aromatic carbocycles. The molecule has 0 spiro atoms. The SMILES string of the molecule is CC1(C)CCC(O)(CNc2nc(N)ncc2[N+](=O)[O-])CC1. The van der Waals surface area contributed by atoms with Crippen molar-refractivity contribution >= 4 is 17.5 Å². The number of nitrogens with zero attached hydrogens (tertiary/aromatic N) is 3. The summed E-state index contributed by atoms with van der Waals surface area (Å²) in [6, 6.07) is 0. The highest BCUT2D eigenvalue weighted by Crippen LogP contribution is 2.40. The Bertz CT molecular complexity index is 537. The van der Waals surface area contributed by atoms with E-state index < -0.39 is 10.5 Å². The number of nitro groups is 1. The Morgan fingerprint density at radius 3 is 2.62 bits per heavy atom. The molecule has 0 unspecified atom stereocenters. The molecule has 8 nitrogen and oxygen atoms in total. The van der Waals surface area contributed by atoms with Gasteiger partial charge in [0, 0.05) is 6.54 Å². The van der Waals surface area contributed by atoms with Crippen LogP contribution in [-0.2, 0) is 0 Å². The van der Waals surface area contributed by atoms with Crippen LogP contribution in [0.3, 0.4) is 0 Å². The lowest BCUT2D eigenvalue weighted by atomic mass is 9.71. The van der Waals surface area contributed by atoms with E-state index in [0.717, 1.165) is 19.0 Å². The first-order valence-electron chi connectivity index (χ1n) is 6.94. The molecule has 1 heterocycles. The smallest absolute Gasteiger partial charge is 0.329 e. The van der Waals surface area contributed by atoms with E-state index in [-0.39, 0.29) is 29.4 Å². The highest BCUT2D eigenvalue weighted by atomic mass is 16.6. The lowest BCUT2D eigenvalue weighted by Crippen LogP contribution is -2.42. The Balaban J connectivity index is 2.06. The zero-order valence-electron chi connectivity index (χ0n) is 12.3. The van der Waals surface area contributed by atoms with E-state index in [0.29, 0.717) is 12.8 Å². The van der Waals surface area contributed by atoms with E-state index in [2.05, 4.69) is 29.1 Å². The predicted octanol–water partition coefficient (Wildman–Crippen LogP) is 1.71. The van der Waals surface area contributed by atoms with Gasteiger partial charge in [-0.25, -0.2) is 4.98 Å². The lowest BCUT2D eigenvalue weighted by molar-refractivity contribution is -0.384. The number of hydrogen-bond acceptors (Lipinski definition) is 7. The van der Waals surface area contributed by atoms with E-state index in [1.807, 2.05) is 0 Å². The summed E-state index contributed by atoms with van der Waals surface area (Å²) in [4.78, 5) is 17.8. The summed E-state index contributed by atoms with van der Waals surface area (Å²) < 4.78 is 0. The monoisotopic (exact) mass is 295 g/mol. The number of nitrogens with two attached hydrogens (primary N) is 1. The Morgan fingerprint density at radius 1 is 1.43 bits per heavy atom. The van der Waals surface area contributed by atoms with Gasteiger partial charge in [-0.15, -0.1) is 0 Å². The van der Waals surface area contributed by atoms with Gasteiger partial charge in [-0.2, -0.15) is 4.98 Å². The van der Waals surface area contributed by atoms with Crippen molar-refractivity contribution in [1.82, 2.24) is 9.97 Å². The van der Waals surface area contributed by atoms with Crippen LogP contribution in [0.5, 0.6) is 0 Å². The van der Waals surface area contributed by atoms with Crippen molar-refractivity contribution in [1.29, 1.82) is 0 Å². The predicted molar refractivity (Wildman–Crippen MR) is 78.8 cm³/mol. The topological polar surface area (TPSA) is 127 Å². The van der Waals surface area contributed by atoms with Crippen LogP contribution in [0.1, 0.15) is 39.5 Å². The molecule has 0 amide bonds. The second-order valence-corrected chi connectivity index (χ2v) is 6.46. The van der Waals surface area contributed by atoms with Crippen molar-refractivity contribution in [3.63, 3.8) is 0 Å². The van der Waals surface area contributed by atoms with Gasteiger partial charge in [0.2, 0.25) is 11.8 Å². The van der Waals surface area contributed by atoms with E-state index >= 15 is 0 Å². The number of rotatable bonds is 4. The average molecular weight is 295 g/mol. The Kier molecular flexibility index (Phi) is 3.99. The largest absolute Gasteiger partial charge is 0.388 e. The molecule has 0 aliphatic heterocycles. The molecule has 2 rings (SSSR count). The van der Waals surface area contributed by atoms with Crippen LogP contribution in [-0.4, -0.2) is 32.1 Å². The van der Waals surface area contributed by atoms with Crippen LogP contribution in [0.4, 0.5) is 17.5 Å². The fourth-order valence-electron chi connectivity index (χ4n) is 2.47. The summed E-state index contributed by atoms with van der Waals surface area (Å²) >= 11 is 0. The number of anilines is 2. The Morgan fingerprint density at radius 2 is 2.05 bits per heavy atom. The van der Waals surface area contributed by atoms with Gasteiger partial charge in [-0.1, -0.05) is 13.8 Å². The van der Waals surface area contributed by atoms with Crippen LogP contribution in [0.25, 0.3) is 0 Å². The third kappa shape index (κ3) is 3.78. The highest BCUT2D eigenvalue weighted by Gasteiger charge is 2.37. The van der Waals surface area contributed by atoms with Gasteiger partial charge in [-0.3, -0.25) is 10.1 Å². The fraction of sp³-hybridized carbons (Fsp3) is 0.692. The molecule has 1 fully saturated rings. The first kappa shape index (κ1) is 15.4. The van der Waals surface area contributed by atoms with Crippen molar-refractivity contribution in [2.75, 3.05) is 17.6 Å². The molecule has 116 valence electrons. The standard InChI is InChI=1S/C13H21N5O3/c1-12(2)3-5-13(19,6-4-12)8-16-10-9(18(20)21)7-15-11(14)17-10/h7,19H,3-6,8H2,1-2H3,(H3,14,15,16,17). The molecule has 0 bridgehead atoms. The number of hydrogen-bond donors (Lipinski definition) is 3. The molecule has 1 aromatic rings. The van der Waals surface area contributed by atoms with Gasteiger partial charge < -0.3 is 16.2 Å². The van der Waals surface area contributed by atoms with E-state index in [1.165, 1.54) is 0 Å². The van der Waals surface area contributed by atoms with Crippen LogP contribution in [0.15, 0.2) is 6.20 Å². The minimum atomic E-state index is -0.872. The van der Waals surface area contributed by atoms with Crippen molar-refractivity contribution in [3.8, 4) is 0 Å². The molecule has 1 saturated carbocycles. The normalized spacial score (nSPS) is 20.0. The quantitative estimate of drug-likeness (QED) is 0.570. The first-order valence-corrected chi connectivity index (χ1v) is 6.94. The minimum absolute atomic E-state index is 0.0418. The summed E-state index contributed by atoms with van der Waals surface area (Å²) in [6.45, 7) is 4.56. The zero-order valence-corrected chi connectivity index (χ0v) is 12.3. The molecule has 1 aliphatic rings. The van der Waals surface area contributed by atoms with Crippen LogP contribution in [0, 0.1) is 15.5 Å². The average Bonchev–Trinajstić information content (AvgIpc) is 2.40.